The Morgan fingerprint density at radius 1 is 1.31 bits per heavy atom. The quantitative estimate of drug-likeness (QED) is 0.679. The summed E-state index contributed by atoms with van der Waals surface area (Å²) in [5.41, 5.74) is 0.844. The van der Waals surface area contributed by atoms with Gasteiger partial charge >= 0.3 is 0 Å². The maximum atomic E-state index is 12.7. The molecule has 0 fully saturated rings. The summed E-state index contributed by atoms with van der Waals surface area (Å²) in [7, 11) is 1.92. The van der Waals surface area contributed by atoms with Crippen LogP contribution in [0, 0.1) is 5.82 Å². The van der Waals surface area contributed by atoms with Gasteiger partial charge in [0.2, 0.25) is 0 Å². The van der Waals surface area contributed by atoms with Crippen molar-refractivity contribution >= 4 is 5.69 Å². The molecule has 0 atom stereocenters. The Hall–Kier alpha value is -1.09. The Balaban J connectivity index is 2.28. The molecule has 0 aliphatic carbocycles. The number of nitrogens with one attached hydrogen (secondary N) is 2. The minimum Gasteiger partial charge on any atom is -0.385 e. The highest BCUT2D eigenvalue weighted by atomic mass is 19.1. The molecule has 0 heterocycles. The maximum absolute atomic E-state index is 12.7. The van der Waals surface area contributed by atoms with Crippen LogP contribution in [0.5, 0.6) is 0 Å². The molecule has 0 saturated carbocycles. The van der Waals surface area contributed by atoms with Crippen molar-refractivity contribution in [1.29, 1.82) is 0 Å². The van der Waals surface area contributed by atoms with Gasteiger partial charge in [-0.3, -0.25) is 0 Å². The van der Waals surface area contributed by atoms with Crippen LogP contribution in [-0.2, 0) is 0 Å². The van der Waals surface area contributed by atoms with Crippen molar-refractivity contribution in [1.82, 2.24) is 5.32 Å². The van der Waals surface area contributed by atoms with Crippen LogP contribution in [0.4, 0.5) is 10.1 Å². The average Bonchev–Trinajstić information content (AvgIpc) is 2.13. The first-order valence-electron chi connectivity index (χ1n) is 4.47. The first kappa shape index (κ1) is 9.99. The molecule has 0 saturated heterocycles. The Morgan fingerprint density at radius 3 is 2.85 bits per heavy atom. The van der Waals surface area contributed by atoms with E-state index in [1.165, 1.54) is 12.1 Å². The molecule has 1 aromatic carbocycles. The molecule has 1 aromatic rings. The lowest BCUT2D eigenvalue weighted by Gasteiger charge is -2.05. The van der Waals surface area contributed by atoms with Crippen molar-refractivity contribution in [3.63, 3.8) is 0 Å². The summed E-state index contributed by atoms with van der Waals surface area (Å²) in [5.74, 6) is -0.196. The molecule has 0 unspecified atom stereocenters. The number of hydrogen-bond acceptors (Lipinski definition) is 2. The fourth-order valence-corrected chi connectivity index (χ4v) is 1.10. The van der Waals surface area contributed by atoms with E-state index in [-0.39, 0.29) is 5.82 Å². The summed E-state index contributed by atoms with van der Waals surface area (Å²) in [5, 5.41) is 6.19. The number of hydrogen-bond donors (Lipinski definition) is 2. The van der Waals surface area contributed by atoms with Crippen LogP contribution in [0.3, 0.4) is 0 Å². The van der Waals surface area contributed by atoms with Crippen molar-refractivity contribution < 1.29 is 4.39 Å². The molecule has 0 spiro atoms. The molecule has 0 aromatic heterocycles. The zero-order valence-corrected chi connectivity index (χ0v) is 7.81. The van der Waals surface area contributed by atoms with Gasteiger partial charge < -0.3 is 10.6 Å². The number of anilines is 1. The van der Waals surface area contributed by atoms with E-state index in [1.807, 2.05) is 13.1 Å². The normalized spacial score (nSPS) is 10.0. The van der Waals surface area contributed by atoms with Crippen LogP contribution in [0.25, 0.3) is 0 Å². The molecule has 1 rings (SSSR count). The van der Waals surface area contributed by atoms with E-state index in [4.69, 9.17) is 0 Å². The maximum Gasteiger partial charge on any atom is 0.125 e. The average molecular weight is 182 g/mol. The molecule has 0 amide bonds. The van der Waals surface area contributed by atoms with Gasteiger partial charge in [-0.15, -0.1) is 0 Å². The number of rotatable bonds is 5. The first-order chi connectivity index (χ1) is 6.33. The standard InChI is InChI=1S/C10H15FN2/c1-12-6-3-7-13-10-5-2-4-9(11)8-10/h2,4-5,8,12-13H,3,6-7H2,1H3. The van der Waals surface area contributed by atoms with E-state index in [1.54, 1.807) is 6.07 Å². The minimum atomic E-state index is -0.196. The van der Waals surface area contributed by atoms with E-state index in [0.717, 1.165) is 25.2 Å². The second kappa shape index (κ2) is 5.54. The fraction of sp³-hybridized carbons (Fsp3) is 0.400. The lowest BCUT2D eigenvalue weighted by Crippen LogP contribution is -2.12. The Kier molecular flexibility index (Phi) is 4.26. The predicted octanol–water partition coefficient (Wildman–Crippen LogP) is 1.85. The topological polar surface area (TPSA) is 24.1 Å². The van der Waals surface area contributed by atoms with Crippen LogP contribution in [0.1, 0.15) is 6.42 Å². The molecule has 0 bridgehead atoms. The summed E-state index contributed by atoms with van der Waals surface area (Å²) >= 11 is 0. The Morgan fingerprint density at radius 2 is 2.15 bits per heavy atom. The number of benzene rings is 1. The third-order valence-electron chi connectivity index (χ3n) is 1.76. The van der Waals surface area contributed by atoms with Gasteiger partial charge in [-0.05, 0) is 38.2 Å². The highest BCUT2D eigenvalue weighted by Gasteiger charge is 1.92. The van der Waals surface area contributed by atoms with Crippen molar-refractivity contribution in [2.75, 3.05) is 25.5 Å². The molecule has 72 valence electrons. The van der Waals surface area contributed by atoms with E-state index in [9.17, 15) is 4.39 Å². The van der Waals surface area contributed by atoms with Gasteiger partial charge in [0, 0.05) is 12.2 Å². The van der Waals surface area contributed by atoms with Crippen LogP contribution in [0.2, 0.25) is 0 Å². The monoisotopic (exact) mass is 182 g/mol. The molecule has 0 aliphatic rings. The van der Waals surface area contributed by atoms with E-state index < -0.39 is 0 Å². The second-order valence-corrected chi connectivity index (χ2v) is 2.89. The van der Waals surface area contributed by atoms with Gasteiger partial charge in [0.1, 0.15) is 5.82 Å². The summed E-state index contributed by atoms with van der Waals surface area (Å²) in [4.78, 5) is 0. The van der Waals surface area contributed by atoms with Crippen molar-refractivity contribution in [2.24, 2.45) is 0 Å². The first-order valence-corrected chi connectivity index (χ1v) is 4.47. The molecule has 3 heteroatoms. The van der Waals surface area contributed by atoms with Crippen molar-refractivity contribution in [3.8, 4) is 0 Å². The third kappa shape index (κ3) is 3.90. The molecular formula is C10H15FN2. The van der Waals surface area contributed by atoms with E-state index in [0.29, 0.717) is 0 Å². The van der Waals surface area contributed by atoms with Crippen LogP contribution >= 0.6 is 0 Å². The van der Waals surface area contributed by atoms with Gasteiger partial charge in [-0.25, -0.2) is 4.39 Å². The minimum absolute atomic E-state index is 0.196. The molecule has 0 aliphatic heterocycles. The van der Waals surface area contributed by atoms with Gasteiger partial charge in [-0.1, -0.05) is 6.07 Å². The van der Waals surface area contributed by atoms with Gasteiger partial charge in [0.05, 0.1) is 0 Å². The summed E-state index contributed by atoms with van der Waals surface area (Å²) < 4.78 is 12.7. The lowest BCUT2D eigenvalue weighted by atomic mass is 10.3. The molecule has 2 nitrogen and oxygen atoms in total. The zero-order valence-electron chi connectivity index (χ0n) is 7.81. The van der Waals surface area contributed by atoms with Gasteiger partial charge in [-0.2, -0.15) is 0 Å². The third-order valence-corrected chi connectivity index (χ3v) is 1.76. The van der Waals surface area contributed by atoms with Gasteiger partial charge in [0.25, 0.3) is 0 Å². The van der Waals surface area contributed by atoms with Crippen LogP contribution in [-0.4, -0.2) is 20.1 Å². The van der Waals surface area contributed by atoms with Gasteiger partial charge in [0.15, 0.2) is 0 Å². The lowest BCUT2D eigenvalue weighted by molar-refractivity contribution is 0.628. The Labute approximate surface area is 78.2 Å². The summed E-state index contributed by atoms with van der Waals surface area (Å²) in [6, 6.07) is 6.51. The molecule has 2 N–H and O–H groups in total. The Bertz CT molecular complexity index is 250. The van der Waals surface area contributed by atoms with E-state index in [2.05, 4.69) is 10.6 Å². The van der Waals surface area contributed by atoms with Crippen molar-refractivity contribution in [2.45, 2.75) is 6.42 Å². The SMILES string of the molecule is CNCCCNc1cccc(F)c1. The van der Waals surface area contributed by atoms with Crippen LogP contribution in [0.15, 0.2) is 24.3 Å². The molecular weight excluding hydrogens is 167 g/mol. The largest absolute Gasteiger partial charge is 0.385 e. The second-order valence-electron chi connectivity index (χ2n) is 2.89. The summed E-state index contributed by atoms with van der Waals surface area (Å²) in [6.07, 6.45) is 1.03. The smallest absolute Gasteiger partial charge is 0.125 e. The molecule has 13 heavy (non-hydrogen) atoms. The summed E-state index contributed by atoms with van der Waals surface area (Å²) in [6.45, 7) is 1.84. The van der Waals surface area contributed by atoms with Crippen LogP contribution < -0.4 is 10.6 Å². The number of halogens is 1. The zero-order chi connectivity index (χ0) is 9.52. The predicted molar refractivity (Wildman–Crippen MR) is 53.4 cm³/mol. The van der Waals surface area contributed by atoms with Crippen molar-refractivity contribution in [3.05, 3.63) is 30.1 Å². The molecule has 0 radical (unpaired) electrons. The van der Waals surface area contributed by atoms with E-state index >= 15 is 0 Å². The highest BCUT2D eigenvalue weighted by molar-refractivity contribution is 5.42. The fourth-order valence-electron chi connectivity index (χ4n) is 1.10. The highest BCUT2D eigenvalue weighted by Crippen LogP contribution is 2.08.